The van der Waals surface area contributed by atoms with Crippen molar-refractivity contribution in [3.63, 3.8) is 0 Å². The summed E-state index contributed by atoms with van der Waals surface area (Å²) < 4.78 is 5.02. The highest BCUT2D eigenvalue weighted by atomic mass is 16.5. The topological polar surface area (TPSA) is 59.1 Å². The number of aryl methyl sites for hydroxylation is 1. The van der Waals surface area contributed by atoms with Gasteiger partial charge in [-0.05, 0) is 33.6 Å². The number of nitrogens with zero attached hydrogens (tertiary/aromatic N) is 2. The van der Waals surface area contributed by atoms with Crippen molar-refractivity contribution in [2.75, 3.05) is 37.4 Å². The summed E-state index contributed by atoms with van der Waals surface area (Å²) in [5.41, 5.74) is 1.08. The Balaban J connectivity index is 2.58. The lowest BCUT2D eigenvalue weighted by molar-refractivity contribution is 0.194. The van der Waals surface area contributed by atoms with Crippen LogP contribution in [0.2, 0.25) is 0 Å². The molecule has 2 N–H and O–H groups in total. The standard InChI is InChI=1S/C13H24N4O/c1-5-14-12-10(2)13(17-11(3)16-12)15-8-6-7-9-18-4/h5-9H2,1-4H3,(H2,14,15,16,17). The second kappa shape index (κ2) is 7.87. The van der Waals surface area contributed by atoms with Crippen molar-refractivity contribution in [3.8, 4) is 0 Å². The Morgan fingerprint density at radius 2 is 1.72 bits per heavy atom. The molecule has 0 radical (unpaired) electrons. The molecule has 1 rings (SSSR count). The summed E-state index contributed by atoms with van der Waals surface area (Å²) in [7, 11) is 1.73. The van der Waals surface area contributed by atoms with Gasteiger partial charge in [-0.3, -0.25) is 0 Å². The number of methoxy groups -OCH3 is 1. The van der Waals surface area contributed by atoms with Crippen LogP contribution in [0.15, 0.2) is 0 Å². The first-order chi connectivity index (χ1) is 8.69. The Morgan fingerprint density at radius 3 is 2.33 bits per heavy atom. The molecule has 18 heavy (non-hydrogen) atoms. The Bertz CT molecular complexity index is 368. The van der Waals surface area contributed by atoms with E-state index >= 15 is 0 Å². The van der Waals surface area contributed by atoms with E-state index in [1.165, 1.54) is 0 Å². The minimum atomic E-state index is 0.788. The molecule has 0 amide bonds. The molecule has 1 aromatic rings. The third kappa shape index (κ3) is 4.49. The number of hydrogen-bond donors (Lipinski definition) is 2. The van der Waals surface area contributed by atoms with E-state index in [0.29, 0.717) is 0 Å². The highest BCUT2D eigenvalue weighted by Gasteiger charge is 2.07. The van der Waals surface area contributed by atoms with Gasteiger partial charge in [0.15, 0.2) is 0 Å². The van der Waals surface area contributed by atoms with Gasteiger partial charge in [0.1, 0.15) is 17.5 Å². The molecule has 0 unspecified atom stereocenters. The van der Waals surface area contributed by atoms with Crippen LogP contribution in [0.4, 0.5) is 11.6 Å². The first kappa shape index (κ1) is 14.7. The summed E-state index contributed by atoms with van der Waals surface area (Å²) in [6, 6.07) is 0. The van der Waals surface area contributed by atoms with Gasteiger partial charge >= 0.3 is 0 Å². The molecule has 1 heterocycles. The maximum Gasteiger partial charge on any atom is 0.134 e. The minimum Gasteiger partial charge on any atom is -0.385 e. The summed E-state index contributed by atoms with van der Waals surface area (Å²) in [5, 5.41) is 6.62. The first-order valence-corrected chi connectivity index (χ1v) is 6.51. The number of anilines is 2. The van der Waals surface area contributed by atoms with Crippen molar-refractivity contribution in [2.24, 2.45) is 0 Å². The monoisotopic (exact) mass is 252 g/mol. The zero-order chi connectivity index (χ0) is 13.4. The Hall–Kier alpha value is -1.36. The molecule has 0 saturated heterocycles. The average Bonchev–Trinajstić information content (AvgIpc) is 2.34. The van der Waals surface area contributed by atoms with E-state index in [0.717, 1.165) is 55.6 Å². The molecule has 0 spiro atoms. The van der Waals surface area contributed by atoms with Crippen molar-refractivity contribution >= 4 is 11.6 Å². The van der Waals surface area contributed by atoms with E-state index in [2.05, 4.69) is 27.5 Å². The summed E-state index contributed by atoms with van der Waals surface area (Å²) in [5.74, 6) is 2.64. The SMILES string of the molecule is CCNc1nc(C)nc(NCCCCOC)c1C. The van der Waals surface area contributed by atoms with Crippen LogP contribution in [-0.2, 0) is 4.74 Å². The van der Waals surface area contributed by atoms with Crippen LogP contribution < -0.4 is 10.6 Å². The van der Waals surface area contributed by atoms with E-state index < -0.39 is 0 Å². The van der Waals surface area contributed by atoms with Crippen molar-refractivity contribution in [2.45, 2.75) is 33.6 Å². The number of unbranched alkanes of at least 4 members (excludes halogenated alkanes) is 1. The van der Waals surface area contributed by atoms with Gasteiger partial charge in [0.2, 0.25) is 0 Å². The molecule has 102 valence electrons. The van der Waals surface area contributed by atoms with E-state index in [1.807, 2.05) is 13.8 Å². The smallest absolute Gasteiger partial charge is 0.134 e. The quantitative estimate of drug-likeness (QED) is 0.696. The predicted octanol–water partition coefficient (Wildman–Crippen LogP) is 2.36. The lowest BCUT2D eigenvalue weighted by atomic mass is 10.2. The Kier molecular flexibility index (Phi) is 6.43. The molecule has 1 aromatic heterocycles. The molecular weight excluding hydrogens is 228 g/mol. The molecule has 0 aromatic carbocycles. The molecule has 0 aliphatic carbocycles. The molecule has 5 nitrogen and oxygen atoms in total. The first-order valence-electron chi connectivity index (χ1n) is 6.51. The van der Waals surface area contributed by atoms with Crippen molar-refractivity contribution in [3.05, 3.63) is 11.4 Å². The van der Waals surface area contributed by atoms with Crippen LogP contribution in [0, 0.1) is 13.8 Å². The van der Waals surface area contributed by atoms with Crippen LogP contribution >= 0.6 is 0 Å². The fourth-order valence-electron chi connectivity index (χ4n) is 1.72. The molecule has 0 aliphatic heterocycles. The number of ether oxygens (including phenoxy) is 1. The van der Waals surface area contributed by atoms with Crippen LogP contribution in [0.25, 0.3) is 0 Å². The molecule has 5 heteroatoms. The predicted molar refractivity (Wildman–Crippen MR) is 75.3 cm³/mol. The summed E-state index contributed by atoms with van der Waals surface area (Å²) in [6.45, 7) is 8.60. The average molecular weight is 252 g/mol. The molecular formula is C13H24N4O. The highest BCUT2D eigenvalue weighted by molar-refractivity contribution is 5.57. The van der Waals surface area contributed by atoms with Gasteiger partial charge in [-0.1, -0.05) is 0 Å². The third-order valence-electron chi connectivity index (χ3n) is 2.67. The second-order valence-corrected chi connectivity index (χ2v) is 4.25. The normalized spacial score (nSPS) is 10.4. The molecule has 0 bridgehead atoms. The number of rotatable bonds is 8. The summed E-state index contributed by atoms with van der Waals surface area (Å²) in [6.07, 6.45) is 2.14. The van der Waals surface area contributed by atoms with E-state index in [1.54, 1.807) is 7.11 Å². The molecule has 0 fully saturated rings. The minimum absolute atomic E-state index is 0.788. The van der Waals surface area contributed by atoms with Crippen LogP contribution in [0.1, 0.15) is 31.2 Å². The van der Waals surface area contributed by atoms with Crippen molar-refractivity contribution < 1.29 is 4.74 Å². The maximum atomic E-state index is 5.02. The highest BCUT2D eigenvalue weighted by Crippen LogP contribution is 2.19. The summed E-state index contributed by atoms with van der Waals surface area (Å²) >= 11 is 0. The van der Waals surface area contributed by atoms with Gasteiger partial charge < -0.3 is 15.4 Å². The summed E-state index contributed by atoms with van der Waals surface area (Å²) in [4.78, 5) is 8.84. The second-order valence-electron chi connectivity index (χ2n) is 4.25. The van der Waals surface area contributed by atoms with Gasteiger partial charge in [-0.15, -0.1) is 0 Å². The van der Waals surface area contributed by atoms with Crippen LogP contribution in [-0.4, -0.2) is 36.8 Å². The molecule has 0 saturated carbocycles. The zero-order valence-electron chi connectivity index (χ0n) is 11.8. The van der Waals surface area contributed by atoms with E-state index in [4.69, 9.17) is 4.74 Å². The van der Waals surface area contributed by atoms with Gasteiger partial charge in [-0.2, -0.15) is 0 Å². The van der Waals surface area contributed by atoms with Gasteiger partial charge in [-0.25, -0.2) is 9.97 Å². The zero-order valence-corrected chi connectivity index (χ0v) is 11.8. The number of nitrogens with one attached hydrogen (secondary N) is 2. The van der Waals surface area contributed by atoms with Crippen LogP contribution in [0.5, 0.6) is 0 Å². The largest absolute Gasteiger partial charge is 0.385 e. The fourth-order valence-corrected chi connectivity index (χ4v) is 1.72. The van der Waals surface area contributed by atoms with E-state index in [9.17, 15) is 0 Å². The van der Waals surface area contributed by atoms with Gasteiger partial charge in [0, 0.05) is 32.4 Å². The molecule has 0 aliphatic rings. The van der Waals surface area contributed by atoms with Gasteiger partial charge in [0.25, 0.3) is 0 Å². The van der Waals surface area contributed by atoms with Crippen molar-refractivity contribution in [1.82, 2.24) is 9.97 Å². The van der Waals surface area contributed by atoms with Crippen molar-refractivity contribution in [1.29, 1.82) is 0 Å². The Morgan fingerprint density at radius 1 is 1.06 bits per heavy atom. The van der Waals surface area contributed by atoms with Crippen LogP contribution in [0.3, 0.4) is 0 Å². The number of hydrogen-bond acceptors (Lipinski definition) is 5. The third-order valence-corrected chi connectivity index (χ3v) is 2.67. The fraction of sp³-hybridized carbons (Fsp3) is 0.692. The lowest BCUT2D eigenvalue weighted by Crippen LogP contribution is -2.11. The number of aromatic nitrogens is 2. The lowest BCUT2D eigenvalue weighted by Gasteiger charge is -2.13. The maximum absolute atomic E-state index is 5.02. The van der Waals surface area contributed by atoms with E-state index in [-0.39, 0.29) is 0 Å². The Labute approximate surface area is 109 Å². The van der Waals surface area contributed by atoms with Gasteiger partial charge in [0.05, 0.1) is 0 Å². The molecule has 0 atom stereocenters.